The van der Waals surface area contributed by atoms with Gasteiger partial charge in [0.25, 0.3) is 0 Å². The number of hydrogen-bond donors (Lipinski definition) is 1. The first-order chi connectivity index (χ1) is 9.79. The molecule has 0 aliphatic heterocycles. The van der Waals surface area contributed by atoms with Gasteiger partial charge < -0.3 is 9.84 Å². The summed E-state index contributed by atoms with van der Waals surface area (Å²) in [5.74, 6) is 0.378. The van der Waals surface area contributed by atoms with E-state index < -0.39 is 6.61 Å². The highest BCUT2D eigenvalue weighted by Gasteiger charge is 2.07. The Morgan fingerprint density at radius 1 is 0.857 bits per heavy atom. The molecule has 2 aromatic rings. The first-order valence-electron chi connectivity index (χ1n) is 5.33. The van der Waals surface area contributed by atoms with Gasteiger partial charge in [-0.2, -0.15) is 8.78 Å². The van der Waals surface area contributed by atoms with E-state index in [2.05, 4.69) is 68.5 Å². The van der Waals surface area contributed by atoms with Crippen LogP contribution in [0, 0.1) is 0 Å². The van der Waals surface area contributed by atoms with Gasteiger partial charge in [0.2, 0.25) is 0 Å². The highest BCUT2D eigenvalue weighted by molar-refractivity contribution is 9.11. The molecule has 1 N–H and O–H groups in total. The van der Waals surface area contributed by atoms with E-state index >= 15 is 0 Å². The average Bonchev–Trinajstić information content (AvgIpc) is 2.39. The van der Waals surface area contributed by atoms with Crippen LogP contribution in [0.1, 0.15) is 0 Å². The molecule has 0 saturated heterocycles. The lowest BCUT2D eigenvalue weighted by molar-refractivity contribution is -0.0503. The number of alkyl halides is 2. The fourth-order valence-corrected chi connectivity index (χ4v) is 2.43. The van der Waals surface area contributed by atoms with E-state index in [1.165, 1.54) is 6.07 Å². The molecule has 2 rings (SSSR count). The van der Waals surface area contributed by atoms with E-state index in [0.717, 1.165) is 4.47 Å². The molecule has 0 spiro atoms. The van der Waals surface area contributed by atoms with Crippen molar-refractivity contribution in [3.8, 4) is 11.5 Å². The first-order valence-corrected chi connectivity index (χ1v) is 8.50. The predicted molar refractivity (Wildman–Crippen MR) is 92.0 cm³/mol. The van der Waals surface area contributed by atoms with Gasteiger partial charge in [0.15, 0.2) is 0 Å². The molecule has 0 radical (unpaired) electrons. The summed E-state index contributed by atoms with van der Waals surface area (Å²) >= 11 is 12.6. The second-order valence-corrected chi connectivity index (χ2v) is 7.09. The number of aromatic hydroxyl groups is 1. The van der Waals surface area contributed by atoms with Crippen LogP contribution in [0.15, 0.2) is 54.3 Å². The lowest BCUT2D eigenvalue weighted by atomic mass is 10.3. The van der Waals surface area contributed by atoms with Gasteiger partial charge in [-0.1, -0.05) is 31.9 Å². The summed E-state index contributed by atoms with van der Waals surface area (Å²) in [5, 5.41) is 9.02. The number of ether oxygens (including phenoxy) is 1. The standard InChI is InChI=1S/C7H4Br2F2O.C6H4Br2O/c8-4-1-2-5(9)6(3-4)12-7(10)11;7-4-1-2-5(8)6(9)3-4/h1-3,7H;1-3,9H. The minimum absolute atomic E-state index is 0.124. The van der Waals surface area contributed by atoms with Crippen molar-refractivity contribution in [1.29, 1.82) is 0 Å². The van der Waals surface area contributed by atoms with Gasteiger partial charge in [0, 0.05) is 8.95 Å². The third-order valence-corrected chi connectivity index (χ3v) is 4.33. The molecule has 0 unspecified atom stereocenters. The number of phenols is 1. The highest BCUT2D eigenvalue weighted by atomic mass is 79.9. The maximum Gasteiger partial charge on any atom is 0.387 e. The molecule has 0 heterocycles. The van der Waals surface area contributed by atoms with Crippen LogP contribution in [0.25, 0.3) is 0 Å². The van der Waals surface area contributed by atoms with Crippen molar-refractivity contribution >= 4 is 63.7 Å². The van der Waals surface area contributed by atoms with Crippen LogP contribution >= 0.6 is 63.7 Å². The number of halogens is 6. The Morgan fingerprint density at radius 3 is 1.86 bits per heavy atom. The van der Waals surface area contributed by atoms with E-state index in [0.29, 0.717) is 13.4 Å². The number of benzene rings is 2. The Hall–Kier alpha value is -0.180. The highest BCUT2D eigenvalue weighted by Crippen LogP contribution is 2.29. The van der Waals surface area contributed by atoms with Crippen LogP contribution in [0.2, 0.25) is 0 Å². The Morgan fingerprint density at radius 2 is 1.38 bits per heavy atom. The Kier molecular flexibility index (Phi) is 8.15. The van der Waals surface area contributed by atoms with E-state index in [-0.39, 0.29) is 11.5 Å². The summed E-state index contributed by atoms with van der Waals surface area (Å²) in [6.07, 6.45) is 0. The van der Waals surface area contributed by atoms with Gasteiger partial charge >= 0.3 is 6.61 Å². The van der Waals surface area contributed by atoms with Crippen LogP contribution in [0.4, 0.5) is 8.78 Å². The molecule has 114 valence electrons. The maximum atomic E-state index is 11.8. The van der Waals surface area contributed by atoms with E-state index in [4.69, 9.17) is 5.11 Å². The topological polar surface area (TPSA) is 29.5 Å². The van der Waals surface area contributed by atoms with Crippen LogP contribution in [0.5, 0.6) is 11.5 Å². The Bertz CT molecular complexity index is 609. The van der Waals surface area contributed by atoms with E-state index in [1.54, 1.807) is 24.3 Å². The first kappa shape index (κ1) is 18.9. The molecule has 0 aromatic heterocycles. The third kappa shape index (κ3) is 7.08. The van der Waals surface area contributed by atoms with Crippen molar-refractivity contribution in [3.63, 3.8) is 0 Å². The van der Waals surface area contributed by atoms with E-state index in [9.17, 15) is 8.78 Å². The number of rotatable bonds is 2. The molecular formula is C13H8Br4F2O2. The fourth-order valence-electron chi connectivity index (χ4n) is 1.15. The fraction of sp³-hybridized carbons (Fsp3) is 0.0769. The summed E-state index contributed by atoms with van der Waals surface area (Å²) in [7, 11) is 0. The molecule has 0 atom stereocenters. The number of phenolic OH excluding ortho intramolecular Hbond substituents is 1. The lowest BCUT2D eigenvalue weighted by Gasteiger charge is -2.06. The smallest absolute Gasteiger partial charge is 0.387 e. The summed E-state index contributed by atoms with van der Waals surface area (Å²) in [5.41, 5.74) is 0. The summed E-state index contributed by atoms with van der Waals surface area (Å²) < 4.78 is 30.6. The molecule has 0 amide bonds. The summed E-state index contributed by atoms with van der Waals surface area (Å²) in [4.78, 5) is 0. The second kappa shape index (κ2) is 9.07. The Balaban J connectivity index is 0.000000219. The quantitative estimate of drug-likeness (QED) is 0.447. The van der Waals surface area contributed by atoms with Gasteiger partial charge in [0.1, 0.15) is 11.5 Å². The average molecular weight is 554 g/mol. The van der Waals surface area contributed by atoms with Crippen LogP contribution in [-0.2, 0) is 0 Å². The lowest BCUT2D eigenvalue weighted by Crippen LogP contribution is -2.02. The van der Waals surface area contributed by atoms with Gasteiger partial charge in [-0.3, -0.25) is 0 Å². The minimum Gasteiger partial charge on any atom is -0.507 e. The third-order valence-electron chi connectivity index (χ3n) is 2.02. The molecule has 0 saturated carbocycles. The van der Waals surface area contributed by atoms with Gasteiger partial charge in [-0.25, -0.2) is 0 Å². The second-order valence-electron chi connectivity index (χ2n) is 3.55. The summed E-state index contributed by atoms with van der Waals surface area (Å²) in [6, 6.07) is 10.1. The van der Waals surface area contributed by atoms with Crippen molar-refractivity contribution in [2.24, 2.45) is 0 Å². The molecule has 8 heteroatoms. The SMILES string of the molecule is FC(F)Oc1cc(Br)ccc1Br.Oc1cc(Br)ccc1Br. The monoisotopic (exact) mass is 550 g/mol. The zero-order valence-corrected chi connectivity index (χ0v) is 16.5. The summed E-state index contributed by atoms with van der Waals surface area (Å²) in [6.45, 7) is -2.80. The van der Waals surface area contributed by atoms with E-state index in [1.807, 2.05) is 6.07 Å². The van der Waals surface area contributed by atoms with Crippen molar-refractivity contribution in [2.75, 3.05) is 0 Å². The van der Waals surface area contributed by atoms with Gasteiger partial charge in [-0.05, 0) is 68.3 Å². The van der Waals surface area contributed by atoms with Crippen LogP contribution < -0.4 is 4.74 Å². The molecule has 2 aromatic carbocycles. The largest absolute Gasteiger partial charge is 0.507 e. The van der Waals surface area contributed by atoms with Gasteiger partial charge in [-0.15, -0.1) is 0 Å². The van der Waals surface area contributed by atoms with Crippen LogP contribution in [-0.4, -0.2) is 11.7 Å². The molecular weight excluding hydrogens is 546 g/mol. The van der Waals surface area contributed by atoms with Crippen molar-refractivity contribution in [1.82, 2.24) is 0 Å². The van der Waals surface area contributed by atoms with Crippen LogP contribution in [0.3, 0.4) is 0 Å². The zero-order valence-electron chi connectivity index (χ0n) is 10.2. The number of hydrogen-bond acceptors (Lipinski definition) is 2. The maximum absolute atomic E-state index is 11.8. The Labute approximate surface area is 154 Å². The molecule has 0 bridgehead atoms. The minimum atomic E-state index is -2.80. The van der Waals surface area contributed by atoms with Crippen molar-refractivity contribution < 1.29 is 18.6 Å². The zero-order chi connectivity index (χ0) is 16.0. The molecule has 0 aliphatic carbocycles. The normalized spacial score (nSPS) is 10.0. The molecule has 0 aliphatic rings. The molecule has 2 nitrogen and oxygen atoms in total. The molecule has 0 fully saturated rings. The van der Waals surface area contributed by atoms with Crippen molar-refractivity contribution in [2.45, 2.75) is 6.61 Å². The van der Waals surface area contributed by atoms with Crippen molar-refractivity contribution in [3.05, 3.63) is 54.3 Å². The molecule has 21 heavy (non-hydrogen) atoms. The van der Waals surface area contributed by atoms with Gasteiger partial charge in [0.05, 0.1) is 8.95 Å². The predicted octanol–water partition coefficient (Wildman–Crippen LogP) is 6.73.